The Morgan fingerprint density at radius 1 is 0.862 bits per heavy atom. The molecule has 0 bridgehead atoms. The van der Waals surface area contributed by atoms with E-state index in [1.54, 1.807) is 18.7 Å². The SMILES string of the molecule is CC[C@H](C)[C@H](CC(=O)C(COC(=O)CN(C)C=O)NC(=O)CN(C)C(=O)C1CCCN1C(=O)C(C)O)C(O)CC(=O)OCC(=O)[C@H](C)C(=O)NCC(=O)N1CCCC1. The molecule has 0 aromatic rings. The number of aliphatic hydroxyl groups is 2. The number of Topliss-reactive ketones (excluding diaryl/α,β-unsaturated/α-hetero) is 2. The maximum atomic E-state index is 13.8. The minimum absolute atomic E-state index is 0.252. The molecule has 0 radical (unpaired) electrons. The minimum atomic E-state index is -1.48. The van der Waals surface area contributed by atoms with E-state index in [-0.39, 0.29) is 24.9 Å². The van der Waals surface area contributed by atoms with E-state index in [9.17, 15) is 58.2 Å². The van der Waals surface area contributed by atoms with E-state index in [0.717, 1.165) is 22.6 Å². The molecule has 0 spiro atoms. The standard InChI is InChI=1S/C38H60N6O14/c1-7-23(2)26(29(47)16-34(52)58-21-31(49)24(3)36(54)39-17-33(51)43-12-8-9-13-43)15-30(48)27(20-57-35(53)19-41(5)22-45)40-32(50)18-42(6)38(56)28-11-10-14-44(28)37(55)25(4)46/h22-29,46-47H,7-21H2,1-6H3,(H,39,54)(H,40,50)/t23-,24-,25?,26-,27?,28?,29?/m0/s1. The van der Waals surface area contributed by atoms with E-state index in [4.69, 9.17) is 9.47 Å². The summed E-state index contributed by atoms with van der Waals surface area (Å²) in [6.45, 7) is 4.82. The number of ketones is 2. The van der Waals surface area contributed by atoms with Crippen molar-refractivity contribution in [3.63, 3.8) is 0 Å². The van der Waals surface area contributed by atoms with E-state index in [0.29, 0.717) is 38.8 Å². The molecular weight excluding hydrogens is 764 g/mol. The number of nitrogens with zero attached hydrogens (tertiary/aromatic N) is 4. The number of aliphatic hydroxyl groups excluding tert-OH is 2. The maximum Gasteiger partial charge on any atom is 0.325 e. The number of rotatable bonds is 24. The van der Waals surface area contributed by atoms with Gasteiger partial charge in [-0.2, -0.15) is 0 Å². The number of esters is 2. The lowest BCUT2D eigenvalue weighted by atomic mass is 9.81. The summed E-state index contributed by atoms with van der Waals surface area (Å²) < 4.78 is 10.2. The Labute approximate surface area is 338 Å². The summed E-state index contributed by atoms with van der Waals surface area (Å²) in [5.74, 6) is -8.80. The normalized spacial score (nSPS) is 18.1. The van der Waals surface area contributed by atoms with Crippen molar-refractivity contribution < 1.29 is 67.6 Å². The molecule has 0 aromatic carbocycles. The predicted molar refractivity (Wildman–Crippen MR) is 203 cm³/mol. The van der Waals surface area contributed by atoms with Crippen LogP contribution in [0.25, 0.3) is 0 Å². The molecule has 0 saturated carbocycles. The quantitative estimate of drug-likeness (QED) is 0.0457. The van der Waals surface area contributed by atoms with Gasteiger partial charge >= 0.3 is 11.9 Å². The van der Waals surface area contributed by atoms with Crippen LogP contribution in [0.4, 0.5) is 0 Å². The monoisotopic (exact) mass is 824 g/mol. The van der Waals surface area contributed by atoms with Gasteiger partial charge in [-0.25, -0.2) is 0 Å². The highest BCUT2D eigenvalue weighted by Crippen LogP contribution is 2.26. The summed E-state index contributed by atoms with van der Waals surface area (Å²) in [4.78, 5) is 131. The predicted octanol–water partition coefficient (Wildman–Crippen LogP) is -2.21. The molecule has 58 heavy (non-hydrogen) atoms. The number of nitrogens with one attached hydrogen (secondary N) is 2. The first kappa shape index (κ1) is 49.2. The molecular formula is C38H60N6O14. The first-order valence-corrected chi connectivity index (χ1v) is 19.6. The largest absolute Gasteiger partial charge is 0.462 e. The van der Waals surface area contributed by atoms with Gasteiger partial charge in [0.1, 0.15) is 31.3 Å². The second-order valence-electron chi connectivity index (χ2n) is 15.0. The number of likely N-dealkylation sites (tertiary alicyclic amines) is 2. The van der Waals surface area contributed by atoms with Crippen molar-refractivity contribution in [3.05, 3.63) is 0 Å². The highest BCUT2D eigenvalue weighted by atomic mass is 16.5. The Hall–Kier alpha value is -4.98. The molecule has 4 unspecified atom stereocenters. The molecule has 6 amide bonds. The fraction of sp³-hybridized carbons (Fsp3) is 0.737. The van der Waals surface area contributed by atoms with E-state index >= 15 is 0 Å². The Morgan fingerprint density at radius 2 is 1.52 bits per heavy atom. The van der Waals surface area contributed by atoms with Crippen molar-refractivity contribution in [1.29, 1.82) is 0 Å². The highest BCUT2D eigenvalue weighted by molar-refractivity contribution is 6.03. The number of carbonyl (C=O) groups excluding carboxylic acids is 10. The average molecular weight is 825 g/mol. The molecule has 2 saturated heterocycles. The summed E-state index contributed by atoms with van der Waals surface area (Å²) in [6.07, 6.45) is -0.432. The van der Waals surface area contributed by atoms with Gasteiger partial charge in [0.2, 0.25) is 30.0 Å². The Morgan fingerprint density at radius 3 is 2.12 bits per heavy atom. The van der Waals surface area contributed by atoms with Crippen molar-refractivity contribution in [1.82, 2.24) is 30.2 Å². The van der Waals surface area contributed by atoms with Crippen molar-refractivity contribution in [3.8, 4) is 0 Å². The van der Waals surface area contributed by atoms with Gasteiger partial charge in [-0.1, -0.05) is 20.3 Å². The van der Waals surface area contributed by atoms with Crippen LogP contribution in [-0.2, 0) is 57.4 Å². The summed E-state index contributed by atoms with van der Waals surface area (Å²) in [5.41, 5.74) is 0. The molecule has 4 N–H and O–H groups in total. The van der Waals surface area contributed by atoms with Crippen LogP contribution >= 0.6 is 0 Å². The smallest absolute Gasteiger partial charge is 0.325 e. The van der Waals surface area contributed by atoms with Gasteiger partial charge in [0.05, 0.1) is 31.5 Å². The fourth-order valence-corrected chi connectivity index (χ4v) is 6.58. The summed E-state index contributed by atoms with van der Waals surface area (Å²) >= 11 is 0. The molecule has 0 aromatic heterocycles. The number of likely N-dealkylation sites (N-methyl/N-ethyl adjacent to an activating group) is 2. The van der Waals surface area contributed by atoms with Crippen molar-refractivity contribution in [2.24, 2.45) is 17.8 Å². The second-order valence-corrected chi connectivity index (χ2v) is 15.0. The Kier molecular flexibility index (Phi) is 20.4. The Balaban J connectivity index is 2.07. The molecule has 20 heteroatoms. The molecule has 2 fully saturated rings. The third-order valence-corrected chi connectivity index (χ3v) is 10.4. The highest BCUT2D eigenvalue weighted by Gasteiger charge is 2.38. The Bertz CT molecular complexity index is 1500. The number of carbonyl (C=O) groups is 10. The van der Waals surface area contributed by atoms with Crippen molar-refractivity contribution >= 4 is 59.5 Å². The zero-order valence-corrected chi connectivity index (χ0v) is 34.3. The zero-order valence-electron chi connectivity index (χ0n) is 34.3. The van der Waals surface area contributed by atoms with Crippen LogP contribution in [0.2, 0.25) is 0 Å². The van der Waals surface area contributed by atoms with Crippen LogP contribution in [-0.4, -0.2) is 180 Å². The number of amides is 6. The van der Waals surface area contributed by atoms with Gasteiger partial charge in [0, 0.05) is 40.2 Å². The molecule has 2 rings (SSSR count). The first-order chi connectivity index (χ1) is 27.3. The molecule has 2 aliphatic heterocycles. The van der Waals surface area contributed by atoms with Gasteiger partial charge < -0.3 is 49.9 Å². The van der Waals surface area contributed by atoms with Crippen LogP contribution in [0, 0.1) is 17.8 Å². The molecule has 20 nitrogen and oxygen atoms in total. The van der Waals surface area contributed by atoms with Gasteiger partial charge in [0.15, 0.2) is 18.2 Å². The van der Waals surface area contributed by atoms with Crippen LogP contribution in [0.15, 0.2) is 0 Å². The third-order valence-electron chi connectivity index (χ3n) is 10.4. The topological polar surface area (TPSA) is 267 Å². The molecule has 0 aliphatic carbocycles. The molecule has 2 heterocycles. The van der Waals surface area contributed by atoms with Crippen LogP contribution < -0.4 is 10.6 Å². The van der Waals surface area contributed by atoms with Gasteiger partial charge in [-0.05, 0) is 51.4 Å². The lowest BCUT2D eigenvalue weighted by Gasteiger charge is -2.30. The maximum absolute atomic E-state index is 13.8. The lowest BCUT2D eigenvalue weighted by Crippen LogP contribution is -2.53. The van der Waals surface area contributed by atoms with Crippen LogP contribution in [0.5, 0.6) is 0 Å². The summed E-state index contributed by atoms with van der Waals surface area (Å²) in [5, 5.41) is 25.8. The summed E-state index contributed by atoms with van der Waals surface area (Å²) in [6, 6.07) is -2.39. The molecule has 326 valence electrons. The second kappa shape index (κ2) is 24.1. The average Bonchev–Trinajstić information content (AvgIpc) is 3.91. The van der Waals surface area contributed by atoms with Gasteiger partial charge in [-0.3, -0.25) is 47.9 Å². The minimum Gasteiger partial charge on any atom is -0.462 e. The molecule has 7 atom stereocenters. The summed E-state index contributed by atoms with van der Waals surface area (Å²) in [7, 11) is 2.65. The lowest BCUT2D eigenvalue weighted by molar-refractivity contribution is -0.153. The van der Waals surface area contributed by atoms with E-state index in [1.165, 1.54) is 32.8 Å². The van der Waals surface area contributed by atoms with E-state index < -0.39 is 122 Å². The third kappa shape index (κ3) is 15.4. The number of ether oxygens (including phenoxy) is 2. The number of hydrogen-bond donors (Lipinski definition) is 4. The number of hydrogen-bond acceptors (Lipinski definition) is 14. The van der Waals surface area contributed by atoms with E-state index in [1.807, 2.05) is 0 Å². The van der Waals surface area contributed by atoms with Crippen molar-refractivity contribution in [2.75, 3.05) is 66.6 Å². The van der Waals surface area contributed by atoms with Gasteiger partial charge in [0.25, 0.3) is 5.91 Å². The van der Waals surface area contributed by atoms with Gasteiger partial charge in [-0.15, -0.1) is 0 Å². The zero-order chi connectivity index (χ0) is 43.7. The first-order valence-electron chi connectivity index (χ1n) is 19.6. The van der Waals surface area contributed by atoms with Crippen LogP contribution in [0.1, 0.15) is 72.6 Å². The van der Waals surface area contributed by atoms with Crippen molar-refractivity contribution in [2.45, 2.75) is 96.9 Å². The van der Waals surface area contributed by atoms with E-state index in [2.05, 4.69) is 10.6 Å². The molecule has 2 aliphatic rings. The van der Waals surface area contributed by atoms with Crippen LogP contribution in [0.3, 0.4) is 0 Å². The fourth-order valence-electron chi connectivity index (χ4n) is 6.58.